The number of nitrogens with one attached hydrogen (secondary N) is 2. The predicted molar refractivity (Wildman–Crippen MR) is 62.8 cm³/mol. The van der Waals surface area contributed by atoms with Gasteiger partial charge in [0.05, 0.1) is 6.67 Å². The zero-order valence-corrected chi connectivity index (χ0v) is 8.80. The summed E-state index contributed by atoms with van der Waals surface area (Å²) in [5.74, 6) is 0.955. The minimum atomic E-state index is 0.0447. The summed E-state index contributed by atoms with van der Waals surface area (Å²) >= 11 is 0. The molecule has 0 radical (unpaired) electrons. The highest BCUT2D eigenvalue weighted by Crippen LogP contribution is 2.08. The van der Waals surface area contributed by atoms with Crippen molar-refractivity contribution in [3.63, 3.8) is 0 Å². The van der Waals surface area contributed by atoms with E-state index in [4.69, 9.17) is 0 Å². The molecule has 0 bridgehead atoms. The monoisotopic (exact) mass is 215 g/mol. The number of hydrogen-bond donors (Lipinski definition) is 2. The molecular formula is C11H13N5. The Bertz CT molecular complexity index is 425. The first-order valence-corrected chi connectivity index (χ1v) is 5.31. The van der Waals surface area contributed by atoms with E-state index in [1.54, 1.807) is 6.34 Å². The van der Waals surface area contributed by atoms with Crippen molar-refractivity contribution in [2.24, 2.45) is 9.98 Å². The van der Waals surface area contributed by atoms with Gasteiger partial charge in [-0.15, -0.1) is 0 Å². The summed E-state index contributed by atoms with van der Waals surface area (Å²) in [6.07, 6.45) is 1.65. The average Bonchev–Trinajstić information content (AvgIpc) is 2.90. The lowest BCUT2D eigenvalue weighted by Crippen LogP contribution is -2.39. The molecule has 1 atom stereocenters. The van der Waals surface area contributed by atoms with Gasteiger partial charge in [-0.3, -0.25) is 10.3 Å². The smallest absolute Gasteiger partial charge is 0.162 e. The van der Waals surface area contributed by atoms with Gasteiger partial charge < -0.3 is 0 Å². The van der Waals surface area contributed by atoms with Gasteiger partial charge in [-0.2, -0.15) is 0 Å². The van der Waals surface area contributed by atoms with Crippen LogP contribution in [0.3, 0.4) is 0 Å². The standard InChI is InChI=1S/C11H13N5/c1-2-4-9(5-3-1)6-15-16-8-14-10-11(16)13-7-12-10/h1-5,7,10,14-15H,6,8H2. The van der Waals surface area contributed by atoms with E-state index in [0.717, 1.165) is 19.0 Å². The highest BCUT2D eigenvalue weighted by molar-refractivity contribution is 5.98. The fourth-order valence-corrected chi connectivity index (χ4v) is 1.84. The van der Waals surface area contributed by atoms with E-state index in [9.17, 15) is 0 Å². The molecule has 5 heteroatoms. The van der Waals surface area contributed by atoms with Crippen LogP contribution in [0.15, 0.2) is 40.3 Å². The van der Waals surface area contributed by atoms with E-state index in [0.29, 0.717) is 0 Å². The fraction of sp³-hybridized carbons (Fsp3) is 0.273. The number of hydrogen-bond acceptors (Lipinski definition) is 5. The van der Waals surface area contributed by atoms with E-state index in [1.165, 1.54) is 5.56 Å². The van der Waals surface area contributed by atoms with Crippen LogP contribution >= 0.6 is 0 Å². The molecule has 0 saturated carbocycles. The van der Waals surface area contributed by atoms with Gasteiger partial charge >= 0.3 is 0 Å². The molecule has 2 N–H and O–H groups in total. The Labute approximate surface area is 93.9 Å². The van der Waals surface area contributed by atoms with Crippen molar-refractivity contribution in [1.29, 1.82) is 0 Å². The summed E-state index contributed by atoms with van der Waals surface area (Å²) in [4.78, 5) is 8.40. The lowest BCUT2D eigenvalue weighted by Gasteiger charge is -2.18. The molecule has 0 aromatic heterocycles. The Morgan fingerprint density at radius 1 is 1.38 bits per heavy atom. The number of hydrazine groups is 1. The van der Waals surface area contributed by atoms with E-state index in [-0.39, 0.29) is 6.17 Å². The van der Waals surface area contributed by atoms with Crippen LogP contribution in [0, 0.1) is 0 Å². The van der Waals surface area contributed by atoms with Gasteiger partial charge in [-0.1, -0.05) is 30.3 Å². The molecule has 1 saturated heterocycles. The minimum absolute atomic E-state index is 0.0447. The second-order valence-electron chi connectivity index (χ2n) is 3.77. The molecule has 0 spiro atoms. The van der Waals surface area contributed by atoms with Gasteiger partial charge in [0, 0.05) is 6.54 Å². The quantitative estimate of drug-likeness (QED) is 0.763. The summed E-state index contributed by atoms with van der Waals surface area (Å²) in [7, 11) is 0. The van der Waals surface area contributed by atoms with Crippen LogP contribution in [-0.4, -0.2) is 30.0 Å². The van der Waals surface area contributed by atoms with Crippen LogP contribution in [0.1, 0.15) is 5.56 Å². The highest BCUT2D eigenvalue weighted by Gasteiger charge is 2.30. The molecule has 1 fully saturated rings. The third-order valence-corrected chi connectivity index (χ3v) is 2.69. The molecule has 0 amide bonds. The van der Waals surface area contributed by atoms with Crippen LogP contribution in [0.5, 0.6) is 0 Å². The van der Waals surface area contributed by atoms with Crippen LogP contribution in [0.25, 0.3) is 0 Å². The van der Waals surface area contributed by atoms with Gasteiger partial charge in [-0.05, 0) is 5.56 Å². The first-order chi connectivity index (χ1) is 7.93. The Balaban J connectivity index is 1.61. The van der Waals surface area contributed by atoms with Crippen molar-refractivity contribution in [1.82, 2.24) is 15.8 Å². The van der Waals surface area contributed by atoms with Crippen molar-refractivity contribution in [2.75, 3.05) is 6.67 Å². The molecule has 3 rings (SSSR count). The van der Waals surface area contributed by atoms with Gasteiger partial charge in [0.2, 0.25) is 0 Å². The van der Waals surface area contributed by atoms with Crippen molar-refractivity contribution in [3.05, 3.63) is 35.9 Å². The number of aliphatic imine (C=N–C) groups is 2. The Morgan fingerprint density at radius 3 is 3.12 bits per heavy atom. The van der Waals surface area contributed by atoms with Crippen LogP contribution in [0.2, 0.25) is 0 Å². The third-order valence-electron chi connectivity index (χ3n) is 2.69. The van der Waals surface area contributed by atoms with E-state index in [2.05, 4.69) is 32.9 Å². The zero-order chi connectivity index (χ0) is 10.8. The number of fused-ring (bicyclic) bond motifs is 1. The normalized spacial score (nSPS) is 22.4. The van der Waals surface area contributed by atoms with Crippen LogP contribution < -0.4 is 10.7 Å². The summed E-state index contributed by atoms with van der Waals surface area (Å²) in [6, 6.07) is 10.3. The van der Waals surface area contributed by atoms with E-state index in [1.807, 2.05) is 23.2 Å². The Morgan fingerprint density at radius 2 is 2.25 bits per heavy atom. The molecule has 1 unspecified atom stereocenters. The second-order valence-corrected chi connectivity index (χ2v) is 3.77. The largest absolute Gasteiger partial charge is 0.278 e. The van der Waals surface area contributed by atoms with Gasteiger partial charge in [0.15, 0.2) is 12.0 Å². The average molecular weight is 215 g/mol. The molecule has 2 heterocycles. The maximum absolute atomic E-state index is 4.22. The van der Waals surface area contributed by atoms with Crippen LogP contribution in [0.4, 0.5) is 0 Å². The fourth-order valence-electron chi connectivity index (χ4n) is 1.84. The first kappa shape index (κ1) is 9.50. The minimum Gasteiger partial charge on any atom is -0.278 e. The number of rotatable bonds is 3. The van der Waals surface area contributed by atoms with E-state index < -0.39 is 0 Å². The highest BCUT2D eigenvalue weighted by atomic mass is 15.6. The molecular weight excluding hydrogens is 202 g/mol. The van der Waals surface area contributed by atoms with Crippen LogP contribution in [-0.2, 0) is 6.54 Å². The van der Waals surface area contributed by atoms with E-state index >= 15 is 0 Å². The van der Waals surface area contributed by atoms with Crippen molar-refractivity contribution in [3.8, 4) is 0 Å². The summed E-state index contributed by atoms with van der Waals surface area (Å²) in [6.45, 7) is 1.54. The second kappa shape index (κ2) is 4.03. The van der Waals surface area contributed by atoms with Crippen molar-refractivity contribution < 1.29 is 0 Å². The molecule has 2 aliphatic heterocycles. The summed E-state index contributed by atoms with van der Waals surface area (Å²) in [5.41, 5.74) is 4.58. The third kappa shape index (κ3) is 1.70. The molecule has 82 valence electrons. The van der Waals surface area contributed by atoms with Gasteiger partial charge in [0.25, 0.3) is 0 Å². The Kier molecular flexibility index (Phi) is 2.40. The maximum atomic E-state index is 4.22. The topological polar surface area (TPSA) is 52.0 Å². The lowest BCUT2D eigenvalue weighted by molar-refractivity contribution is 0.316. The summed E-state index contributed by atoms with van der Waals surface area (Å²) in [5, 5.41) is 5.24. The van der Waals surface area contributed by atoms with Gasteiger partial charge in [0.1, 0.15) is 6.34 Å². The molecule has 5 nitrogen and oxygen atoms in total. The van der Waals surface area contributed by atoms with Gasteiger partial charge in [-0.25, -0.2) is 15.4 Å². The number of benzene rings is 1. The number of nitrogens with zero attached hydrogens (tertiary/aromatic N) is 3. The Hall–Kier alpha value is -1.72. The molecule has 1 aromatic rings. The molecule has 16 heavy (non-hydrogen) atoms. The molecule has 0 aliphatic carbocycles. The number of amidine groups is 1. The molecule has 1 aromatic carbocycles. The SMILES string of the molecule is C1=NC2NCN(NCc3ccccc3)C2=N1. The first-order valence-electron chi connectivity index (χ1n) is 5.31. The zero-order valence-electron chi connectivity index (χ0n) is 8.80. The predicted octanol–water partition coefficient (Wildman–Crippen LogP) is 0.320. The van der Waals surface area contributed by atoms with Crippen molar-refractivity contribution in [2.45, 2.75) is 12.7 Å². The lowest BCUT2D eigenvalue weighted by atomic mass is 10.2. The van der Waals surface area contributed by atoms with Crippen molar-refractivity contribution >= 4 is 12.2 Å². The summed E-state index contributed by atoms with van der Waals surface area (Å²) < 4.78 is 0. The maximum Gasteiger partial charge on any atom is 0.162 e. The molecule has 2 aliphatic rings.